The first-order chi connectivity index (χ1) is 8.78. The molecule has 1 fully saturated rings. The van der Waals surface area contributed by atoms with E-state index in [0.29, 0.717) is 6.04 Å². The highest BCUT2D eigenvalue weighted by molar-refractivity contribution is 5.28. The Kier molecular flexibility index (Phi) is 5.02. The van der Waals surface area contributed by atoms with Crippen LogP contribution in [0.5, 0.6) is 5.75 Å². The van der Waals surface area contributed by atoms with Crippen LogP contribution in [0.2, 0.25) is 0 Å². The predicted octanol–water partition coefficient (Wildman–Crippen LogP) is 2.05. The van der Waals surface area contributed by atoms with Crippen LogP contribution in [0, 0.1) is 0 Å². The Balaban J connectivity index is 1.74. The Morgan fingerprint density at radius 3 is 3.11 bits per heavy atom. The molecular formula is C15H24N2O. The van der Waals surface area contributed by atoms with Gasteiger partial charge in [0.2, 0.25) is 0 Å². The lowest BCUT2D eigenvalue weighted by Crippen LogP contribution is -2.43. The molecule has 3 heteroatoms. The average molecular weight is 248 g/mol. The summed E-state index contributed by atoms with van der Waals surface area (Å²) in [5.74, 6) is 0.951. The number of piperidine rings is 1. The zero-order chi connectivity index (χ0) is 12.8. The molecule has 0 aromatic heterocycles. The molecular weight excluding hydrogens is 224 g/mol. The number of nitrogens with two attached hydrogens (primary N) is 1. The van der Waals surface area contributed by atoms with Crippen molar-refractivity contribution in [2.45, 2.75) is 31.7 Å². The maximum absolute atomic E-state index is 5.99. The molecule has 0 radical (unpaired) electrons. The SMILES string of the molecule is COc1cccc(CCCN2CCC[C@H](N)C2)c1. The minimum Gasteiger partial charge on any atom is -0.497 e. The van der Waals surface area contributed by atoms with E-state index in [1.165, 1.54) is 31.4 Å². The molecule has 3 nitrogen and oxygen atoms in total. The van der Waals surface area contributed by atoms with E-state index >= 15 is 0 Å². The van der Waals surface area contributed by atoms with E-state index in [1.54, 1.807) is 7.11 Å². The normalized spacial score (nSPS) is 20.9. The first kappa shape index (κ1) is 13.4. The molecule has 18 heavy (non-hydrogen) atoms. The molecule has 0 aliphatic carbocycles. The zero-order valence-electron chi connectivity index (χ0n) is 11.3. The van der Waals surface area contributed by atoms with Gasteiger partial charge in [0.1, 0.15) is 5.75 Å². The summed E-state index contributed by atoms with van der Waals surface area (Å²) in [5, 5.41) is 0. The Bertz CT molecular complexity index is 367. The van der Waals surface area contributed by atoms with Gasteiger partial charge in [0, 0.05) is 12.6 Å². The summed E-state index contributed by atoms with van der Waals surface area (Å²) in [6.07, 6.45) is 4.75. The number of ether oxygens (including phenoxy) is 1. The van der Waals surface area contributed by atoms with Crippen molar-refractivity contribution >= 4 is 0 Å². The molecule has 1 aliphatic heterocycles. The number of nitrogens with zero attached hydrogens (tertiary/aromatic N) is 1. The van der Waals surface area contributed by atoms with E-state index in [-0.39, 0.29) is 0 Å². The summed E-state index contributed by atoms with van der Waals surface area (Å²) in [6, 6.07) is 8.74. The van der Waals surface area contributed by atoms with Gasteiger partial charge in [0.05, 0.1) is 7.11 Å². The molecule has 1 aromatic carbocycles. The molecule has 1 heterocycles. The standard InChI is InChI=1S/C15H24N2O/c1-18-15-8-2-5-13(11-15)6-3-9-17-10-4-7-14(16)12-17/h2,5,8,11,14H,3-4,6-7,9-10,12,16H2,1H3/t14-/m0/s1. The highest BCUT2D eigenvalue weighted by atomic mass is 16.5. The lowest BCUT2D eigenvalue weighted by molar-refractivity contribution is 0.207. The van der Waals surface area contributed by atoms with Crippen molar-refractivity contribution in [3.05, 3.63) is 29.8 Å². The van der Waals surface area contributed by atoms with E-state index in [0.717, 1.165) is 25.3 Å². The lowest BCUT2D eigenvalue weighted by atomic mass is 10.1. The Morgan fingerprint density at radius 1 is 1.44 bits per heavy atom. The molecule has 0 unspecified atom stereocenters. The minimum atomic E-state index is 0.385. The number of hydrogen-bond acceptors (Lipinski definition) is 3. The van der Waals surface area contributed by atoms with Gasteiger partial charge in [0.25, 0.3) is 0 Å². The van der Waals surface area contributed by atoms with Gasteiger partial charge in [-0.3, -0.25) is 0 Å². The van der Waals surface area contributed by atoms with Crippen molar-refractivity contribution in [1.29, 1.82) is 0 Å². The quantitative estimate of drug-likeness (QED) is 0.866. The van der Waals surface area contributed by atoms with Crippen molar-refractivity contribution in [2.75, 3.05) is 26.7 Å². The molecule has 0 amide bonds. The summed E-state index contributed by atoms with van der Waals surface area (Å²) in [5.41, 5.74) is 7.34. The molecule has 100 valence electrons. The third-order valence-electron chi connectivity index (χ3n) is 3.62. The van der Waals surface area contributed by atoms with Crippen molar-refractivity contribution in [3.8, 4) is 5.75 Å². The molecule has 1 saturated heterocycles. The molecule has 1 aromatic rings. The summed E-state index contributed by atoms with van der Waals surface area (Å²) in [6.45, 7) is 3.44. The lowest BCUT2D eigenvalue weighted by Gasteiger charge is -2.30. The second-order valence-corrected chi connectivity index (χ2v) is 5.16. The van der Waals surface area contributed by atoms with Crippen LogP contribution in [0.25, 0.3) is 0 Å². The van der Waals surface area contributed by atoms with Gasteiger partial charge < -0.3 is 15.4 Å². The van der Waals surface area contributed by atoms with Crippen LogP contribution in [-0.4, -0.2) is 37.7 Å². The van der Waals surface area contributed by atoms with Gasteiger partial charge in [-0.25, -0.2) is 0 Å². The van der Waals surface area contributed by atoms with E-state index in [1.807, 2.05) is 6.07 Å². The van der Waals surface area contributed by atoms with E-state index in [9.17, 15) is 0 Å². The Hall–Kier alpha value is -1.06. The molecule has 0 saturated carbocycles. The van der Waals surface area contributed by atoms with Crippen LogP contribution in [-0.2, 0) is 6.42 Å². The number of methoxy groups -OCH3 is 1. The molecule has 2 N–H and O–H groups in total. The summed E-state index contributed by atoms with van der Waals surface area (Å²) in [4.78, 5) is 2.49. The number of hydrogen-bond donors (Lipinski definition) is 1. The first-order valence-electron chi connectivity index (χ1n) is 6.89. The van der Waals surface area contributed by atoms with Gasteiger partial charge in [0.15, 0.2) is 0 Å². The van der Waals surface area contributed by atoms with E-state index in [2.05, 4.69) is 23.1 Å². The van der Waals surface area contributed by atoms with Crippen LogP contribution >= 0.6 is 0 Å². The molecule has 0 spiro atoms. The van der Waals surface area contributed by atoms with Crippen molar-refractivity contribution in [1.82, 2.24) is 4.90 Å². The third-order valence-corrected chi connectivity index (χ3v) is 3.62. The smallest absolute Gasteiger partial charge is 0.119 e. The fourth-order valence-corrected chi connectivity index (χ4v) is 2.63. The van der Waals surface area contributed by atoms with Gasteiger partial charge in [-0.15, -0.1) is 0 Å². The molecule has 2 rings (SSSR count). The van der Waals surface area contributed by atoms with Crippen LogP contribution in [0.3, 0.4) is 0 Å². The van der Waals surface area contributed by atoms with Crippen LogP contribution in [0.1, 0.15) is 24.8 Å². The van der Waals surface area contributed by atoms with Crippen molar-refractivity contribution in [2.24, 2.45) is 5.73 Å². The second kappa shape index (κ2) is 6.76. The maximum atomic E-state index is 5.99. The maximum Gasteiger partial charge on any atom is 0.119 e. The zero-order valence-corrected chi connectivity index (χ0v) is 11.3. The van der Waals surface area contributed by atoms with Crippen molar-refractivity contribution in [3.63, 3.8) is 0 Å². The number of aryl methyl sites for hydroxylation is 1. The average Bonchev–Trinajstić information content (AvgIpc) is 2.39. The van der Waals surface area contributed by atoms with Gasteiger partial charge in [-0.1, -0.05) is 12.1 Å². The highest BCUT2D eigenvalue weighted by Gasteiger charge is 2.15. The monoisotopic (exact) mass is 248 g/mol. The van der Waals surface area contributed by atoms with Gasteiger partial charge >= 0.3 is 0 Å². The molecule has 1 atom stereocenters. The fourth-order valence-electron chi connectivity index (χ4n) is 2.63. The molecule has 1 aliphatic rings. The first-order valence-corrected chi connectivity index (χ1v) is 6.89. The Morgan fingerprint density at radius 2 is 2.33 bits per heavy atom. The highest BCUT2D eigenvalue weighted by Crippen LogP contribution is 2.15. The van der Waals surface area contributed by atoms with Crippen molar-refractivity contribution < 1.29 is 4.74 Å². The van der Waals surface area contributed by atoms with E-state index < -0.39 is 0 Å². The minimum absolute atomic E-state index is 0.385. The van der Waals surface area contributed by atoms with Gasteiger partial charge in [-0.2, -0.15) is 0 Å². The number of benzene rings is 1. The summed E-state index contributed by atoms with van der Waals surface area (Å²) < 4.78 is 5.24. The third kappa shape index (κ3) is 4.00. The second-order valence-electron chi connectivity index (χ2n) is 5.16. The van der Waals surface area contributed by atoms with Gasteiger partial charge in [-0.05, 0) is 56.5 Å². The fraction of sp³-hybridized carbons (Fsp3) is 0.600. The van der Waals surface area contributed by atoms with E-state index in [4.69, 9.17) is 10.5 Å². The van der Waals surface area contributed by atoms with Crippen LogP contribution in [0.15, 0.2) is 24.3 Å². The summed E-state index contributed by atoms with van der Waals surface area (Å²) >= 11 is 0. The van der Waals surface area contributed by atoms with Crippen LogP contribution < -0.4 is 10.5 Å². The number of rotatable bonds is 5. The Labute approximate surface area is 110 Å². The largest absolute Gasteiger partial charge is 0.497 e. The van der Waals surface area contributed by atoms with Crippen LogP contribution in [0.4, 0.5) is 0 Å². The molecule has 0 bridgehead atoms. The summed E-state index contributed by atoms with van der Waals surface area (Å²) in [7, 11) is 1.72. The topological polar surface area (TPSA) is 38.5 Å². The number of likely N-dealkylation sites (tertiary alicyclic amines) is 1. The predicted molar refractivity (Wildman–Crippen MR) is 75.0 cm³/mol.